The Hall–Kier alpha value is -3.44. The summed E-state index contributed by atoms with van der Waals surface area (Å²) in [4.78, 5) is 28.8. The van der Waals surface area contributed by atoms with E-state index in [-0.39, 0.29) is 24.3 Å². The predicted octanol–water partition coefficient (Wildman–Crippen LogP) is 4.29. The van der Waals surface area contributed by atoms with Gasteiger partial charge in [0.1, 0.15) is 6.04 Å². The molecule has 2 amide bonds. The zero-order valence-electron chi connectivity index (χ0n) is 18.7. The fraction of sp³-hybridized carbons (Fsp3) is 0.286. The number of hydrogen-bond acceptors (Lipinski definition) is 3. The van der Waals surface area contributed by atoms with Crippen LogP contribution in [0.5, 0.6) is 0 Å². The first kappa shape index (κ1) is 22.7. The van der Waals surface area contributed by atoms with Crippen molar-refractivity contribution in [2.75, 3.05) is 13.2 Å². The molecular formula is C28H30N2O3. The van der Waals surface area contributed by atoms with Crippen molar-refractivity contribution < 1.29 is 14.3 Å². The number of ether oxygens (including phenoxy) is 1. The van der Waals surface area contributed by atoms with Gasteiger partial charge < -0.3 is 15.0 Å². The second kappa shape index (κ2) is 11.4. The second-order valence-corrected chi connectivity index (χ2v) is 8.36. The van der Waals surface area contributed by atoms with Gasteiger partial charge in [0.25, 0.3) is 0 Å². The van der Waals surface area contributed by atoms with Gasteiger partial charge in [0.15, 0.2) is 0 Å². The number of nitrogens with zero attached hydrogens (tertiary/aromatic N) is 1. The summed E-state index contributed by atoms with van der Waals surface area (Å²) in [6.07, 6.45) is 2.22. The third-order valence-corrected chi connectivity index (χ3v) is 5.92. The predicted molar refractivity (Wildman–Crippen MR) is 128 cm³/mol. The van der Waals surface area contributed by atoms with Crippen LogP contribution in [0, 0.1) is 0 Å². The summed E-state index contributed by atoms with van der Waals surface area (Å²) in [5, 5.41) is 3.05. The molecule has 0 unspecified atom stereocenters. The molecule has 0 aliphatic carbocycles. The molecular weight excluding hydrogens is 412 g/mol. The van der Waals surface area contributed by atoms with E-state index in [9.17, 15) is 9.59 Å². The lowest BCUT2D eigenvalue weighted by Crippen LogP contribution is -2.45. The minimum atomic E-state index is -0.732. The number of hydrogen-bond donors (Lipinski definition) is 1. The zero-order valence-corrected chi connectivity index (χ0v) is 18.7. The van der Waals surface area contributed by atoms with Gasteiger partial charge in [-0.2, -0.15) is 0 Å². The molecule has 5 heteroatoms. The number of carbonyl (C=O) groups excluding carboxylic acids is 2. The zero-order chi connectivity index (χ0) is 22.9. The molecule has 3 aromatic carbocycles. The van der Waals surface area contributed by atoms with Crippen molar-refractivity contribution >= 4 is 11.8 Å². The molecule has 0 radical (unpaired) electrons. The maximum atomic E-state index is 13.6. The van der Waals surface area contributed by atoms with E-state index < -0.39 is 6.04 Å². The van der Waals surface area contributed by atoms with Crippen LogP contribution in [-0.4, -0.2) is 36.0 Å². The smallest absolute Gasteiger partial charge is 0.247 e. The van der Waals surface area contributed by atoms with E-state index in [1.807, 2.05) is 91.0 Å². The Labute approximate surface area is 195 Å². The van der Waals surface area contributed by atoms with E-state index >= 15 is 0 Å². The maximum Gasteiger partial charge on any atom is 0.247 e. The van der Waals surface area contributed by atoms with Gasteiger partial charge in [0.2, 0.25) is 11.8 Å². The summed E-state index contributed by atoms with van der Waals surface area (Å²) in [7, 11) is 0. The summed E-state index contributed by atoms with van der Waals surface area (Å²) in [5.41, 5.74) is 2.69. The third-order valence-electron chi connectivity index (χ3n) is 5.92. The molecule has 0 spiro atoms. The van der Waals surface area contributed by atoms with Crippen molar-refractivity contribution in [3.05, 3.63) is 108 Å². The minimum Gasteiger partial charge on any atom is -0.376 e. The summed E-state index contributed by atoms with van der Waals surface area (Å²) >= 11 is 0. The van der Waals surface area contributed by atoms with Crippen molar-refractivity contribution in [1.82, 2.24) is 10.2 Å². The molecule has 4 rings (SSSR count). The van der Waals surface area contributed by atoms with Crippen molar-refractivity contribution in [3.8, 4) is 0 Å². The normalized spacial score (nSPS) is 16.2. The molecule has 1 saturated heterocycles. The lowest BCUT2D eigenvalue weighted by molar-refractivity contribution is -0.141. The lowest BCUT2D eigenvalue weighted by atomic mass is 10.0. The Morgan fingerprint density at radius 3 is 2.09 bits per heavy atom. The van der Waals surface area contributed by atoms with Crippen molar-refractivity contribution in [1.29, 1.82) is 0 Å². The van der Waals surface area contributed by atoms with Gasteiger partial charge in [-0.05, 0) is 29.5 Å². The highest BCUT2D eigenvalue weighted by Crippen LogP contribution is 2.25. The van der Waals surface area contributed by atoms with Gasteiger partial charge in [0, 0.05) is 19.7 Å². The van der Waals surface area contributed by atoms with Gasteiger partial charge in [-0.25, -0.2) is 0 Å². The maximum absolute atomic E-state index is 13.6. The first-order chi connectivity index (χ1) is 16.2. The van der Waals surface area contributed by atoms with Crippen LogP contribution in [0.3, 0.4) is 0 Å². The highest BCUT2D eigenvalue weighted by molar-refractivity contribution is 5.89. The molecule has 1 heterocycles. The molecule has 0 bridgehead atoms. The number of nitrogens with one attached hydrogen (secondary N) is 1. The van der Waals surface area contributed by atoms with E-state index in [1.54, 1.807) is 4.90 Å². The summed E-state index contributed by atoms with van der Waals surface area (Å²) < 4.78 is 5.68. The molecule has 0 saturated carbocycles. The van der Waals surface area contributed by atoms with Crippen LogP contribution >= 0.6 is 0 Å². The summed E-state index contributed by atoms with van der Waals surface area (Å²) in [5.74, 6) is -0.278. The highest BCUT2D eigenvalue weighted by Gasteiger charge is 2.32. The van der Waals surface area contributed by atoms with Crippen LogP contribution < -0.4 is 5.32 Å². The molecule has 3 aromatic rings. The van der Waals surface area contributed by atoms with Crippen molar-refractivity contribution in [2.45, 2.75) is 38.0 Å². The number of benzene rings is 3. The fourth-order valence-corrected chi connectivity index (χ4v) is 4.20. The van der Waals surface area contributed by atoms with E-state index in [0.29, 0.717) is 13.1 Å². The molecule has 33 heavy (non-hydrogen) atoms. The van der Waals surface area contributed by atoms with E-state index in [4.69, 9.17) is 4.74 Å². The Bertz CT molecular complexity index is 1020. The fourth-order valence-electron chi connectivity index (χ4n) is 4.20. The van der Waals surface area contributed by atoms with Crippen molar-refractivity contribution in [3.63, 3.8) is 0 Å². The largest absolute Gasteiger partial charge is 0.376 e. The monoisotopic (exact) mass is 442 g/mol. The van der Waals surface area contributed by atoms with Gasteiger partial charge in [-0.1, -0.05) is 91.0 Å². The average Bonchev–Trinajstić information content (AvgIpc) is 3.38. The topological polar surface area (TPSA) is 58.6 Å². The summed E-state index contributed by atoms with van der Waals surface area (Å²) in [6, 6.07) is 28.3. The molecule has 2 atom stereocenters. The van der Waals surface area contributed by atoms with E-state index in [1.165, 1.54) is 0 Å². The molecule has 1 aliphatic rings. The third kappa shape index (κ3) is 6.30. The van der Waals surface area contributed by atoms with E-state index in [0.717, 1.165) is 36.1 Å². The second-order valence-electron chi connectivity index (χ2n) is 8.36. The van der Waals surface area contributed by atoms with Crippen LogP contribution in [0.4, 0.5) is 0 Å². The Morgan fingerprint density at radius 1 is 0.879 bits per heavy atom. The summed E-state index contributed by atoms with van der Waals surface area (Å²) in [6.45, 7) is 1.53. The van der Waals surface area contributed by atoms with Gasteiger partial charge >= 0.3 is 0 Å². The van der Waals surface area contributed by atoms with Gasteiger partial charge in [-0.3, -0.25) is 9.59 Å². The van der Waals surface area contributed by atoms with E-state index in [2.05, 4.69) is 5.32 Å². The number of amides is 2. The quantitative estimate of drug-likeness (QED) is 0.538. The first-order valence-electron chi connectivity index (χ1n) is 11.5. The van der Waals surface area contributed by atoms with Gasteiger partial charge in [-0.15, -0.1) is 0 Å². The van der Waals surface area contributed by atoms with Crippen LogP contribution in [0.2, 0.25) is 0 Å². The molecule has 1 N–H and O–H groups in total. The molecule has 5 nitrogen and oxygen atoms in total. The SMILES string of the molecule is O=C(NC[C@@H]1CCCO1)[C@@H](c1ccccc1)N(Cc1ccccc1)C(=O)Cc1ccccc1. The van der Waals surface area contributed by atoms with Crippen molar-refractivity contribution in [2.24, 2.45) is 0 Å². The highest BCUT2D eigenvalue weighted by atomic mass is 16.5. The molecule has 1 aliphatic heterocycles. The molecule has 170 valence electrons. The van der Waals surface area contributed by atoms with Crippen LogP contribution in [0.25, 0.3) is 0 Å². The van der Waals surface area contributed by atoms with Crippen LogP contribution in [0.15, 0.2) is 91.0 Å². The Balaban J connectivity index is 1.63. The first-order valence-corrected chi connectivity index (χ1v) is 11.5. The lowest BCUT2D eigenvalue weighted by Gasteiger charge is -2.32. The average molecular weight is 443 g/mol. The number of rotatable bonds is 9. The molecule has 0 aromatic heterocycles. The van der Waals surface area contributed by atoms with Crippen LogP contribution in [-0.2, 0) is 27.3 Å². The van der Waals surface area contributed by atoms with Crippen LogP contribution in [0.1, 0.15) is 35.6 Å². The Kier molecular flexibility index (Phi) is 7.88. The van der Waals surface area contributed by atoms with Gasteiger partial charge in [0.05, 0.1) is 12.5 Å². The number of carbonyl (C=O) groups is 2. The molecule has 1 fully saturated rings. The Morgan fingerprint density at radius 2 is 1.48 bits per heavy atom. The standard InChI is InChI=1S/C28H30N2O3/c31-26(19-22-11-4-1-5-12-22)30(21-23-13-6-2-7-14-23)27(24-15-8-3-9-16-24)28(32)29-20-25-17-10-18-33-25/h1-9,11-16,25,27H,10,17-21H2,(H,29,32)/t25-,27+/m0/s1. The minimum absolute atomic E-state index is 0.0352.